The van der Waals surface area contributed by atoms with Gasteiger partial charge < -0.3 is 20.5 Å². The summed E-state index contributed by atoms with van der Waals surface area (Å²) in [6.45, 7) is 0.755. The van der Waals surface area contributed by atoms with Crippen LogP contribution in [0.1, 0.15) is 16.7 Å². The Balaban J connectivity index is 1.84. The van der Waals surface area contributed by atoms with Gasteiger partial charge in [-0.1, -0.05) is 18.2 Å². The minimum absolute atomic E-state index is 0.202. The summed E-state index contributed by atoms with van der Waals surface area (Å²) in [7, 11) is 3.15. The third kappa shape index (κ3) is 6.09. The van der Waals surface area contributed by atoms with Crippen LogP contribution >= 0.6 is 0 Å². The van der Waals surface area contributed by atoms with Gasteiger partial charge in [-0.15, -0.1) is 0 Å². The van der Waals surface area contributed by atoms with Crippen molar-refractivity contribution in [2.24, 2.45) is 10.7 Å². The van der Waals surface area contributed by atoms with Gasteiger partial charge >= 0.3 is 6.18 Å². The number of nitrogens with zero attached hydrogens (tertiary/aromatic N) is 1. The van der Waals surface area contributed by atoms with Crippen LogP contribution in [-0.2, 0) is 19.1 Å². The van der Waals surface area contributed by atoms with Crippen LogP contribution in [0.25, 0.3) is 0 Å². The van der Waals surface area contributed by atoms with Crippen LogP contribution in [0.3, 0.4) is 0 Å². The average Bonchev–Trinajstić information content (AvgIpc) is 2.65. The predicted molar refractivity (Wildman–Crippen MR) is 98.0 cm³/mol. The zero-order chi connectivity index (χ0) is 19.9. The monoisotopic (exact) mass is 381 g/mol. The number of nitrogens with one attached hydrogen (secondary N) is 1. The zero-order valence-corrected chi connectivity index (χ0v) is 15.1. The van der Waals surface area contributed by atoms with E-state index < -0.39 is 11.7 Å². The standard InChI is InChI=1S/C19H22F3N3O2/c1-26-16-8-5-13(11-17(16)27-2)9-10-24-18(23)25-12-14-3-6-15(7-4-14)19(20,21)22/h3-8,11H,9-10,12H2,1-2H3,(H3,23,24,25). The summed E-state index contributed by atoms with van der Waals surface area (Å²) >= 11 is 0. The topological polar surface area (TPSA) is 68.9 Å². The Morgan fingerprint density at radius 3 is 2.22 bits per heavy atom. The molecule has 0 atom stereocenters. The van der Waals surface area contributed by atoms with Gasteiger partial charge in [-0.05, 0) is 41.8 Å². The number of benzene rings is 2. The molecule has 0 saturated heterocycles. The average molecular weight is 381 g/mol. The van der Waals surface area contributed by atoms with Crippen LogP contribution in [0.4, 0.5) is 13.2 Å². The molecule has 0 bridgehead atoms. The highest BCUT2D eigenvalue weighted by molar-refractivity contribution is 5.77. The van der Waals surface area contributed by atoms with Gasteiger partial charge in [-0.25, -0.2) is 4.99 Å². The second-order valence-corrected chi connectivity index (χ2v) is 5.76. The maximum Gasteiger partial charge on any atom is 0.416 e. The Bertz CT molecular complexity index is 775. The number of hydrogen-bond acceptors (Lipinski definition) is 3. The first-order chi connectivity index (χ1) is 12.8. The van der Waals surface area contributed by atoms with Gasteiger partial charge in [0.2, 0.25) is 0 Å². The fraction of sp³-hybridized carbons (Fsp3) is 0.316. The molecular weight excluding hydrogens is 359 g/mol. The van der Waals surface area contributed by atoms with Crippen LogP contribution in [0.2, 0.25) is 0 Å². The molecule has 5 nitrogen and oxygen atoms in total. The SMILES string of the molecule is COc1ccc(CCNC(N)=NCc2ccc(C(F)(F)F)cc2)cc1OC. The van der Waals surface area contributed by atoms with Crippen molar-refractivity contribution in [3.05, 3.63) is 59.2 Å². The van der Waals surface area contributed by atoms with Crippen LogP contribution in [0.15, 0.2) is 47.5 Å². The Labute approximate surface area is 156 Å². The molecular formula is C19H22F3N3O2. The first kappa shape index (κ1) is 20.4. The van der Waals surface area contributed by atoms with E-state index in [2.05, 4.69) is 10.3 Å². The molecule has 27 heavy (non-hydrogen) atoms. The van der Waals surface area contributed by atoms with Crippen LogP contribution < -0.4 is 20.5 Å². The van der Waals surface area contributed by atoms with Gasteiger partial charge in [0.1, 0.15) is 0 Å². The molecule has 0 heterocycles. The highest BCUT2D eigenvalue weighted by Crippen LogP contribution is 2.29. The number of methoxy groups -OCH3 is 2. The Morgan fingerprint density at radius 1 is 1.00 bits per heavy atom. The fourth-order valence-electron chi connectivity index (χ4n) is 2.40. The smallest absolute Gasteiger partial charge is 0.416 e. The van der Waals surface area contributed by atoms with E-state index in [-0.39, 0.29) is 12.5 Å². The lowest BCUT2D eigenvalue weighted by Gasteiger charge is -2.10. The highest BCUT2D eigenvalue weighted by Gasteiger charge is 2.29. The third-order valence-electron chi connectivity index (χ3n) is 3.88. The summed E-state index contributed by atoms with van der Waals surface area (Å²) < 4.78 is 48.0. The van der Waals surface area contributed by atoms with E-state index in [0.717, 1.165) is 17.7 Å². The number of aliphatic imine (C=N–C) groups is 1. The lowest BCUT2D eigenvalue weighted by Crippen LogP contribution is -2.33. The molecule has 3 N–H and O–H groups in total. The van der Waals surface area contributed by atoms with E-state index in [4.69, 9.17) is 15.2 Å². The van der Waals surface area contributed by atoms with Crippen molar-refractivity contribution in [1.29, 1.82) is 0 Å². The molecule has 0 saturated carbocycles. The van der Waals surface area contributed by atoms with E-state index in [1.807, 2.05) is 18.2 Å². The van der Waals surface area contributed by atoms with E-state index >= 15 is 0 Å². The largest absolute Gasteiger partial charge is 0.493 e. The van der Waals surface area contributed by atoms with Gasteiger partial charge in [0.05, 0.1) is 26.3 Å². The zero-order valence-electron chi connectivity index (χ0n) is 15.1. The minimum Gasteiger partial charge on any atom is -0.493 e. The molecule has 0 radical (unpaired) electrons. The van der Waals surface area contributed by atoms with Crippen molar-refractivity contribution < 1.29 is 22.6 Å². The van der Waals surface area contributed by atoms with Gasteiger partial charge in [0.15, 0.2) is 17.5 Å². The molecule has 0 amide bonds. The number of alkyl halides is 3. The number of guanidine groups is 1. The van der Waals surface area contributed by atoms with Gasteiger partial charge in [0, 0.05) is 6.54 Å². The molecule has 0 unspecified atom stereocenters. The number of rotatable bonds is 7. The second kappa shape index (κ2) is 9.16. The first-order valence-electron chi connectivity index (χ1n) is 8.24. The highest BCUT2D eigenvalue weighted by atomic mass is 19.4. The Hall–Kier alpha value is -2.90. The predicted octanol–water partition coefficient (Wildman–Crippen LogP) is 3.37. The van der Waals surface area contributed by atoms with E-state index in [0.29, 0.717) is 30.0 Å². The fourth-order valence-corrected chi connectivity index (χ4v) is 2.40. The van der Waals surface area contributed by atoms with Crippen molar-refractivity contribution in [2.45, 2.75) is 19.1 Å². The molecule has 146 valence electrons. The summed E-state index contributed by atoms with van der Waals surface area (Å²) in [5.74, 6) is 1.54. The molecule has 2 aromatic carbocycles. The van der Waals surface area contributed by atoms with Crippen molar-refractivity contribution in [2.75, 3.05) is 20.8 Å². The molecule has 0 aliphatic rings. The second-order valence-electron chi connectivity index (χ2n) is 5.76. The molecule has 0 aliphatic carbocycles. The summed E-state index contributed by atoms with van der Waals surface area (Å²) in [5.41, 5.74) is 6.80. The molecule has 2 aromatic rings. The maximum atomic E-state index is 12.5. The minimum atomic E-state index is -4.34. The lowest BCUT2D eigenvalue weighted by molar-refractivity contribution is -0.137. The third-order valence-corrected chi connectivity index (χ3v) is 3.88. The number of hydrogen-bond donors (Lipinski definition) is 2. The summed E-state index contributed by atoms with van der Waals surface area (Å²) in [6.07, 6.45) is -3.65. The first-order valence-corrected chi connectivity index (χ1v) is 8.24. The summed E-state index contributed by atoms with van der Waals surface area (Å²) in [6, 6.07) is 10.5. The molecule has 0 spiro atoms. The van der Waals surface area contributed by atoms with E-state index in [1.54, 1.807) is 14.2 Å². The van der Waals surface area contributed by atoms with Crippen molar-refractivity contribution >= 4 is 5.96 Å². The Kier molecular flexibility index (Phi) is 6.92. The van der Waals surface area contributed by atoms with Crippen molar-refractivity contribution in [1.82, 2.24) is 5.32 Å². The maximum absolute atomic E-state index is 12.5. The molecule has 2 rings (SSSR count). The number of nitrogens with two attached hydrogens (primary N) is 1. The Morgan fingerprint density at radius 2 is 1.63 bits per heavy atom. The quantitative estimate of drug-likeness (QED) is 0.570. The van der Waals surface area contributed by atoms with Gasteiger partial charge in [-0.3, -0.25) is 0 Å². The van der Waals surface area contributed by atoms with Gasteiger partial charge in [0.25, 0.3) is 0 Å². The van der Waals surface area contributed by atoms with E-state index in [1.165, 1.54) is 12.1 Å². The summed E-state index contributed by atoms with van der Waals surface area (Å²) in [4.78, 5) is 4.14. The number of ether oxygens (including phenoxy) is 2. The normalized spacial score (nSPS) is 12.0. The molecule has 0 aliphatic heterocycles. The number of halogens is 3. The molecule has 0 aromatic heterocycles. The van der Waals surface area contributed by atoms with Gasteiger partial charge in [-0.2, -0.15) is 13.2 Å². The van der Waals surface area contributed by atoms with Crippen molar-refractivity contribution in [3.8, 4) is 11.5 Å². The van der Waals surface area contributed by atoms with Crippen LogP contribution in [-0.4, -0.2) is 26.7 Å². The molecule has 0 fully saturated rings. The van der Waals surface area contributed by atoms with Crippen LogP contribution in [0.5, 0.6) is 11.5 Å². The van der Waals surface area contributed by atoms with E-state index in [9.17, 15) is 13.2 Å². The molecule has 8 heteroatoms. The summed E-state index contributed by atoms with van der Waals surface area (Å²) in [5, 5.41) is 2.98. The lowest BCUT2D eigenvalue weighted by atomic mass is 10.1. The van der Waals surface area contributed by atoms with Crippen LogP contribution in [0, 0.1) is 0 Å². The van der Waals surface area contributed by atoms with Crippen molar-refractivity contribution in [3.63, 3.8) is 0 Å².